The predicted octanol–water partition coefficient (Wildman–Crippen LogP) is 2.82. The lowest BCUT2D eigenvalue weighted by Crippen LogP contribution is -2.64. The molecule has 0 aliphatic carbocycles. The number of piperazine rings is 1. The average molecular weight is 409 g/mol. The van der Waals surface area contributed by atoms with Gasteiger partial charge in [0, 0.05) is 40.6 Å². The summed E-state index contributed by atoms with van der Waals surface area (Å²) in [6.45, 7) is 10.3. The number of carbonyl (C=O) groups is 2. The van der Waals surface area contributed by atoms with Gasteiger partial charge in [-0.15, -0.1) is 0 Å². The van der Waals surface area contributed by atoms with Crippen LogP contribution in [0, 0.1) is 5.92 Å². The number of benzene rings is 1. The van der Waals surface area contributed by atoms with E-state index in [-0.39, 0.29) is 35.5 Å². The second-order valence-electron chi connectivity index (χ2n) is 10.8. The molecule has 160 valence electrons. The van der Waals surface area contributed by atoms with Crippen LogP contribution in [0.15, 0.2) is 24.3 Å². The van der Waals surface area contributed by atoms with Crippen LogP contribution in [-0.2, 0) is 22.6 Å². The molecule has 1 atom stereocenters. The molecule has 0 unspecified atom stereocenters. The fourth-order valence-electron chi connectivity index (χ4n) is 6.36. The zero-order chi connectivity index (χ0) is 21.3. The minimum absolute atomic E-state index is 0.0328. The number of amides is 2. The number of nitrogens with zero attached hydrogens (tertiary/aromatic N) is 2. The van der Waals surface area contributed by atoms with E-state index < -0.39 is 0 Å². The van der Waals surface area contributed by atoms with E-state index in [1.54, 1.807) is 4.90 Å². The molecule has 4 heterocycles. The van der Waals surface area contributed by atoms with E-state index in [0.29, 0.717) is 25.4 Å². The summed E-state index contributed by atoms with van der Waals surface area (Å²) in [5.41, 5.74) is 3.41. The molecule has 2 N–H and O–H groups in total. The highest BCUT2D eigenvalue weighted by molar-refractivity contribution is 5.96. The van der Waals surface area contributed by atoms with E-state index in [0.717, 1.165) is 24.1 Å². The van der Waals surface area contributed by atoms with Crippen molar-refractivity contribution in [2.24, 2.45) is 5.92 Å². The number of fused-ring (bicyclic) bond motifs is 4. The number of nitrogens with one attached hydrogen (secondary N) is 2. The molecule has 3 aliphatic rings. The first-order valence-corrected chi connectivity index (χ1v) is 11.1. The van der Waals surface area contributed by atoms with Crippen molar-refractivity contribution >= 4 is 22.7 Å². The Kier molecular flexibility index (Phi) is 4.30. The monoisotopic (exact) mass is 408 g/mol. The Labute approximate surface area is 178 Å². The Hall–Kier alpha value is -2.34. The van der Waals surface area contributed by atoms with Gasteiger partial charge in [0.05, 0.1) is 13.1 Å². The number of hydrogen-bond acceptors (Lipinski definition) is 3. The van der Waals surface area contributed by atoms with Crippen molar-refractivity contribution in [2.45, 2.75) is 70.6 Å². The van der Waals surface area contributed by atoms with Crippen LogP contribution < -0.4 is 5.32 Å². The molecule has 2 aromatic rings. The van der Waals surface area contributed by atoms with Gasteiger partial charge in [-0.25, -0.2) is 0 Å². The van der Waals surface area contributed by atoms with Gasteiger partial charge in [-0.3, -0.25) is 9.59 Å². The smallest absolute Gasteiger partial charge is 0.246 e. The molecule has 2 fully saturated rings. The fraction of sp³-hybridized carbons (Fsp3) is 0.583. The maximum atomic E-state index is 13.5. The minimum Gasteiger partial charge on any atom is -0.357 e. The van der Waals surface area contributed by atoms with Crippen molar-refractivity contribution in [1.82, 2.24) is 20.1 Å². The van der Waals surface area contributed by atoms with E-state index in [9.17, 15) is 9.59 Å². The molecule has 2 amide bonds. The number of piperidine rings is 1. The summed E-state index contributed by atoms with van der Waals surface area (Å²) in [7, 11) is 0. The zero-order valence-corrected chi connectivity index (χ0v) is 18.4. The summed E-state index contributed by atoms with van der Waals surface area (Å²) in [6.07, 6.45) is 2.62. The number of para-hydroxylation sites is 1. The normalized spacial score (nSPS) is 26.1. The second kappa shape index (κ2) is 6.58. The van der Waals surface area contributed by atoms with E-state index >= 15 is 0 Å². The van der Waals surface area contributed by atoms with Gasteiger partial charge >= 0.3 is 0 Å². The Balaban J connectivity index is 1.39. The third-order valence-corrected chi connectivity index (χ3v) is 7.00. The molecule has 2 saturated heterocycles. The summed E-state index contributed by atoms with van der Waals surface area (Å²) in [6, 6.07) is 7.83. The molecule has 0 saturated carbocycles. The molecule has 0 radical (unpaired) electrons. The van der Waals surface area contributed by atoms with Crippen LogP contribution in [0.2, 0.25) is 0 Å². The Bertz CT molecular complexity index is 1010. The van der Waals surface area contributed by atoms with Crippen LogP contribution in [0.1, 0.15) is 51.8 Å². The Morgan fingerprint density at radius 3 is 2.47 bits per heavy atom. The van der Waals surface area contributed by atoms with Gasteiger partial charge in [0.1, 0.15) is 6.04 Å². The lowest BCUT2D eigenvalue weighted by Gasteiger charge is -2.49. The van der Waals surface area contributed by atoms with Gasteiger partial charge in [-0.2, -0.15) is 0 Å². The van der Waals surface area contributed by atoms with Gasteiger partial charge in [0.2, 0.25) is 11.8 Å². The van der Waals surface area contributed by atoms with Gasteiger partial charge < -0.3 is 20.1 Å². The molecular weight excluding hydrogens is 376 g/mol. The zero-order valence-electron chi connectivity index (χ0n) is 18.4. The maximum absolute atomic E-state index is 13.5. The average Bonchev–Trinajstić information content (AvgIpc) is 3.00. The molecular formula is C24H32N4O2. The molecule has 6 nitrogen and oxygen atoms in total. The van der Waals surface area contributed by atoms with Crippen LogP contribution >= 0.6 is 0 Å². The molecule has 0 bridgehead atoms. The minimum atomic E-state index is -0.374. The van der Waals surface area contributed by atoms with Crippen LogP contribution in [0.25, 0.3) is 10.9 Å². The molecule has 5 rings (SSSR count). The Morgan fingerprint density at radius 1 is 1.03 bits per heavy atom. The van der Waals surface area contributed by atoms with Gasteiger partial charge in [0.15, 0.2) is 0 Å². The fourth-order valence-corrected chi connectivity index (χ4v) is 6.36. The third-order valence-electron chi connectivity index (χ3n) is 7.00. The highest BCUT2D eigenvalue weighted by Gasteiger charge is 2.45. The number of rotatable bonds is 2. The first-order chi connectivity index (χ1) is 14.1. The van der Waals surface area contributed by atoms with Gasteiger partial charge in [0.25, 0.3) is 0 Å². The summed E-state index contributed by atoms with van der Waals surface area (Å²) in [5, 5.41) is 4.88. The highest BCUT2D eigenvalue weighted by Crippen LogP contribution is 2.36. The lowest BCUT2D eigenvalue weighted by atomic mass is 9.75. The van der Waals surface area contributed by atoms with Crippen LogP contribution in [0.3, 0.4) is 0 Å². The topological polar surface area (TPSA) is 68.4 Å². The molecule has 1 aromatic carbocycles. The molecule has 6 heteroatoms. The number of aromatic nitrogens is 1. The van der Waals surface area contributed by atoms with Crippen LogP contribution in [0.5, 0.6) is 0 Å². The number of carbonyl (C=O) groups excluding carboxylic acids is 2. The Morgan fingerprint density at radius 2 is 1.73 bits per heavy atom. The first kappa shape index (κ1) is 19.6. The number of aromatic amines is 1. The van der Waals surface area contributed by atoms with Crippen molar-refractivity contribution in [1.29, 1.82) is 0 Å². The molecule has 30 heavy (non-hydrogen) atoms. The summed E-state index contributed by atoms with van der Waals surface area (Å²) in [5.74, 6) is 0.572. The quantitative estimate of drug-likeness (QED) is 0.803. The van der Waals surface area contributed by atoms with Crippen molar-refractivity contribution in [3.63, 3.8) is 0 Å². The van der Waals surface area contributed by atoms with Crippen LogP contribution in [-0.4, -0.2) is 56.8 Å². The van der Waals surface area contributed by atoms with Crippen molar-refractivity contribution in [3.05, 3.63) is 35.5 Å². The second-order valence-corrected chi connectivity index (χ2v) is 10.8. The standard InChI is InChI=1S/C24H32N4O2/c1-23(2)10-15(11-24(3,4)26-23)12-27-14-21(29)28-13-19-17(9-20(28)22(27)30)16-7-5-6-8-18(16)25-19/h5-8,15,20,25-26H,9-14H2,1-4H3/t20-/m1/s1. The van der Waals surface area contributed by atoms with E-state index in [1.807, 2.05) is 17.0 Å². The number of hydrogen-bond donors (Lipinski definition) is 2. The summed E-state index contributed by atoms with van der Waals surface area (Å²) in [4.78, 5) is 33.6. The van der Waals surface area contributed by atoms with Crippen molar-refractivity contribution in [2.75, 3.05) is 13.1 Å². The van der Waals surface area contributed by atoms with Gasteiger partial charge in [-0.1, -0.05) is 18.2 Å². The molecule has 3 aliphatic heterocycles. The largest absolute Gasteiger partial charge is 0.357 e. The van der Waals surface area contributed by atoms with Gasteiger partial charge in [-0.05, 0) is 58.1 Å². The van der Waals surface area contributed by atoms with E-state index in [1.165, 1.54) is 10.9 Å². The first-order valence-electron chi connectivity index (χ1n) is 11.1. The van der Waals surface area contributed by atoms with Crippen molar-refractivity contribution in [3.8, 4) is 0 Å². The van der Waals surface area contributed by atoms with Crippen molar-refractivity contribution < 1.29 is 9.59 Å². The summed E-state index contributed by atoms with van der Waals surface area (Å²) >= 11 is 0. The number of H-pyrrole nitrogens is 1. The summed E-state index contributed by atoms with van der Waals surface area (Å²) < 4.78 is 0. The maximum Gasteiger partial charge on any atom is 0.246 e. The third kappa shape index (κ3) is 3.31. The van der Waals surface area contributed by atoms with Crippen LogP contribution in [0.4, 0.5) is 0 Å². The van der Waals surface area contributed by atoms with E-state index in [4.69, 9.17) is 0 Å². The molecule has 1 aromatic heterocycles. The lowest BCUT2D eigenvalue weighted by molar-refractivity contribution is -0.158. The predicted molar refractivity (Wildman–Crippen MR) is 117 cm³/mol. The highest BCUT2D eigenvalue weighted by atomic mass is 16.2. The molecule has 0 spiro atoms. The SMILES string of the molecule is CC1(C)CC(CN2CC(=O)N3Cc4[nH]c5ccccc5c4C[C@@H]3C2=O)CC(C)(C)N1. The van der Waals surface area contributed by atoms with E-state index in [2.05, 4.69) is 50.1 Å².